The van der Waals surface area contributed by atoms with Gasteiger partial charge in [0.05, 0.1) is 23.7 Å². The summed E-state index contributed by atoms with van der Waals surface area (Å²) in [6.07, 6.45) is -2.33. The molecule has 3 aromatic rings. The number of hydrogen-bond acceptors (Lipinski definition) is 8. The Labute approximate surface area is 208 Å². The van der Waals surface area contributed by atoms with Crippen LogP contribution in [0, 0.1) is 11.3 Å². The number of alkyl halides is 3. The van der Waals surface area contributed by atoms with E-state index in [-0.39, 0.29) is 22.9 Å². The highest BCUT2D eigenvalue weighted by molar-refractivity contribution is 7.16. The van der Waals surface area contributed by atoms with Crippen LogP contribution in [0.4, 0.5) is 13.2 Å². The molecule has 3 rings (SSSR count). The first-order chi connectivity index (χ1) is 16.7. The molecule has 0 aliphatic rings. The van der Waals surface area contributed by atoms with Crippen LogP contribution in [0.3, 0.4) is 0 Å². The Morgan fingerprint density at radius 2 is 1.92 bits per heavy atom. The maximum absolute atomic E-state index is 13.0. The average molecular weight is 522 g/mol. The highest BCUT2D eigenvalue weighted by Crippen LogP contribution is 2.31. The van der Waals surface area contributed by atoms with Gasteiger partial charge in [-0.05, 0) is 44.5 Å². The molecule has 1 aromatic carbocycles. The molecule has 0 radical (unpaired) electrons. The zero-order chi connectivity index (χ0) is 26.8. The molecule has 0 spiro atoms. The van der Waals surface area contributed by atoms with Gasteiger partial charge in [0.15, 0.2) is 5.82 Å². The van der Waals surface area contributed by atoms with Crippen molar-refractivity contribution in [2.24, 2.45) is 0 Å². The van der Waals surface area contributed by atoms with Gasteiger partial charge in [-0.3, -0.25) is 9.59 Å². The van der Waals surface area contributed by atoms with Gasteiger partial charge in [-0.1, -0.05) is 11.3 Å². The number of nitrogens with one attached hydrogen (secondary N) is 1. The van der Waals surface area contributed by atoms with Crippen molar-refractivity contribution < 1.29 is 27.5 Å². The predicted octanol–water partition coefficient (Wildman–Crippen LogP) is 3.62. The number of hydrogen-bond donors (Lipinski definition) is 1. The third-order valence-electron chi connectivity index (χ3n) is 5.00. The fourth-order valence-electron chi connectivity index (χ4n) is 3.07. The number of aromatic nitrogens is 4. The Morgan fingerprint density at radius 3 is 2.53 bits per heavy atom. The molecule has 36 heavy (non-hydrogen) atoms. The lowest BCUT2D eigenvalue weighted by molar-refractivity contribution is -0.274. The molecule has 0 unspecified atom stereocenters. The highest BCUT2D eigenvalue weighted by atomic mass is 32.1. The lowest BCUT2D eigenvalue weighted by Crippen LogP contribution is -2.29. The lowest BCUT2D eigenvalue weighted by Gasteiger charge is -2.20. The third kappa shape index (κ3) is 5.98. The number of carbonyl (C=O) groups is 2. The van der Waals surface area contributed by atoms with Gasteiger partial charge in [0.25, 0.3) is 11.8 Å². The van der Waals surface area contributed by atoms with Crippen molar-refractivity contribution >= 4 is 23.2 Å². The molecule has 1 N–H and O–H groups in total. The van der Waals surface area contributed by atoms with Crippen LogP contribution in [0.2, 0.25) is 0 Å². The molecular formula is C22H22F3N7O3S. The summed E-state index contributed by atoms with van der Waals surface area (Å²) < 4.78 is 43.9. The zero-order valence-corrected chi connectivity index (χ0v) is 20.7. The minimum Gasteiger partial charge on any atom is -0.406 e. The summed E-state index contributed by atoms with van der Waals surface area (Å²) in [7, 11) is 3.22. The number of benzene rings is 1. The molecule has 0 saturated carbocycles. The first-order valence-corrected chi connectivity index (χ1v) is 11.2. The Hall–Kier alpha value is -3.99. The molecule has 2 aromatic heterocycles. The van der Waals surface area contributed by atoms with Crippen LogP contribution in [0.5, 0.6) is 5.75 Å². The summed E-state index contributed by atoms with van der Waals surface area (Å²) in [5, 5.41) is 16.5. The van der Waals surface area contributed by atoms with Gasteiger partial charge < -0.3 is 15.0 Å². The van der Waals surface area contributed by atoms with Crippen molar-refractivity contribution in [3.8, 4) is 17.0 Å². The van der Waals surface area contributed by atoms with Crippen LogP contribution in [0.15, 0.2) is 30.7 Å². The van der Waals surface area contributed by atoms with E-state index in [0.29, 0.717) is 10.0 Å². The number of amides is 2. The van der Waals surface area contributed by atoms with Crippen LogP contribution in [-0.4, -0.2) is 56.9 Å². The van der Waals surface area contributed by atoms with Crippen LogP contribution < -0.4 is 10.1 Å². The van der Waals surface area contributed by atoms with E-state index in [1.807, 2.05) is 6.07 Å². The van der Waals surface area contributed by atoms with Crippen molar-refractivity contribution in [2.75, 3.05) is 14.1 Å². The Bertz CT molecular complexity index is 1320. The van der Waals surface area contributed by atoms with Gasteiger partial charge >= 0.3 is 6.36 Å². The van der Waals surface area contributed by atoms with Crippen molar-refractivity contribution in [1.82, 2.24) is 30.0 Å². The van der Waals surface area contributed by atoms with Gasteiger partial charge in [0, 0.05) is 19.7 Å². The summed E-state index contributed by atoms with van der Waals surface area (Å²) in [6.45, 7) is 4.62. The van der Waals surface area contributed by atoms with Crippen LogP contribution in [0.1, 0.15) is 58.2 Å². The van der Waals surface area contributed by atoms with Crippen molar-refractivity contribution in [2.45, 2.75) is 38.6 Å². The largest absolute Gasteiger partial charge is 0.573 e. The second-order valence-corrected chi connectivity index (χ2v) is 9.47. The Morgan fingerprint density at radius 1 is 1.22 bits per heavy atom. The van der Waals surface area contributed by atoms with E-state index < -0.39 is 29.5 Å². The van der Waals surface area contributed by atoms with E-state index in [1.54, 1.807) is 21.0 Å². The van der Waals surface area contributed by atoms with Crippen molar-refractivity contribution in [3.63, 3.8) is 0 Å². The van der Waals surface area contributed by atoms with E-state index in [2.05, 4.69) is 25.1 Å². The maximum atomic E-state index is 13.0. The molecule has 190 valence electrons. The quantitative estimate of drug-likeness (QED) is 0.503. The standard InChI is InChI=1S/C22H22F3N7O3S/c1-12(17-28-11-29-32(17)20-27-9-16(36-20)19(34)31(4)5)30-18(33)13-6-14(21(2,3)10-26)8-15(7-13)35-22(23,24)25/h6-9,11-12H,1-5H3,(H,30,33)/t12-/m0/s1. The second kappa shape index (κ2) is 9.94. The molecule has 0 saturated heterocycles. The van der Waals surface area contributed by atoms with Crippen molar-refractivity contribution in [1.29, 1.82) is 5.26 Å². The summed E-state index contributed by atoms with van der Waals surface area (Å²) >= 11 is 1.08. The molecule has 10 nitrogen and oxygen atoms in total. The summed E-state index contributed by atoms with van der Waals surface area (Å²) in [4.78, 5) is 35.3. The zero-order valence-electron chi connectivity index (χ0n) is 19.9. The van der Waals surface area contributed by atoms with E-state index in [9.17, 15) is 28.0 Å². The topological polar surface area (TPSA) is 126 Å². The monoisotopic (exact) mass is 521 g/mol. The van der Waals surface area contributed by atoms with Crippen LogP contribution in [0.25, 0.3) is 5.13 Å². The fourth-order valence-corrected chi connectivity index (χ4v) is 3.97. The van der Waals surface area contributed by atoms with Gasteiger partial charge in [-0.25, -0.2) is 9.97 Å². The fraction of sp³-hybridized carbons (Fsp3) is 0.364. The first-order valence-electron chi connectivity index (χ1n) is 10.4. The molecule has 0 aliphatic carbocycles. The van der Waals surface area contributed by atoms with Crippen LogP contribution in [-0.2, 0) is 5.41 Å². The molecule has 0 aliphatic heterocycles. The molecule has 2 heterocycles. The molecule has 0 bridgehead atoms. The smallest absolute Gasteiger partial charge is 0.406 e. The number of rotatable bonds is 7. The second-order valence-electron chi connectivity index (χ2n) is 8.46. The summed E-state index contributed by atoms with van der Waals surface area (Å²) in [5.41, 5.74) is -1.15. The molecular weight excluding hydrogens is 499 g/mol. The maximum Gasteiger partial charge on any atom is 0.573 e. The Kier molecular flexibility index (Phi) is 7.35. The summed E-state index contributed by atoms with van der Waals surface area (Å²) in [5.74, 6) is -1.30. The molecule has 2 amide bonds. The van der Waals surface area contributed by atoms with Gasteiger partial charge in [-0.2, -0.15) is 15.0 Å². The van der Waals surface area contributed by atoms with E-state index >= 15 is 0 Å². The number of thiazole rings is 1. The molecule has 0 fully saturated rings. The van der Waals surface area contributed by atoms with Crippen LogP contribution >= 0.6 is 11.3 Å². The summed E-state index contributed by atoms with van der Waals surface area (Å²) in [6, 6.07) is 4.59. The van der Waals surface area contributed by atoms with Gasteiger partial charge in [0.2, 0.25) is 5.13 Å². The molecule has 14 heteroatoms. The minimum absolute atomic E-state index is 0.138. The van der Waals surface area contributed by atoms with E-state index in [1.165, 1.54) is 42.0 Å². The molecule has 1 atom stereocenters. The van der Waals surface area contributed by atoms with Gasteiger partial charge in [0.1, 0.15) is 17.0 Å². The normalized spacial score (nSPS) is 12.5. The number of carbonyl (C=O) groups excluding carboxylic acids is 2. The number of nitrogens with zero attached hydrogens (tertiary/aromatic N) is 6. The van der Waals surface area contributed by atoms with E-state index in [0.717, 1.165) is 23.5 Å². The minimum atomic E-state index is -4.98. The SMILES string of the molecule is C[C@H](NC(=O)c1cc(OC(F)(F)F)cc(C(C)(C)C#N)c1)c1ncnn1-c1ncc(C(=O)N(C)C)s1. The highest BCUT2D eigenvalue weighted by Gasteiger charge is 2.33. The number of halogens is 3. The van der Waals surface area contributed by atoms with Gasteiger partial charge in [-0.15, -0.1) is 13.2 Å². The number of nitriles is 1. The average Bonchev–Trinajstić information content (AvgIpc) is 3.46. The van der Waals surface area contributed by atoms with E-state index in [4.69, 9.17) is 0 Å². The Balaban J connectivity index is 1.89. The number of ether oxygens (including phenoxy) is 1. The third-order valence-corrected chi connectivity index (χ3v) is 5.97. The first kappa shape index (κ1) is 26.6. The van der Waals surface area contributed by atoms with Crippen molar-refractivity contribution in [3.05, 3.63) is 52.6 Å². The predicted molar refractivity (Wildman–Crippen MR) is 123 cm³/mol. The lowest BCUT2D eigenvalue weighted by atomic mass is 9.85.